The molecule has 0 spiro atoms. The van der Waals surface area contributed by atoms with E-state index >= 15 is 0 Å². The van der Waals surface area contributed by atoms with Crippen molar-refractivity contribution >= 4 is 42.0 Å². The number of carbonyl (C=O) groups is 3. The van der Waals surface area contributed by atoms with Crippen molar-refractivity contribution in [3.63, 3.8) is 0 Å². The average Bonchev–Trinajstić information content (AvgIpc) is 2.92. The lowest BCUT2D eigenvalue weighted by Gasteiger charge is -2.42. The molecule has 3 N–H and O–H groups in total. The molecule has 0 saturated heterocycles. The lowest BCUT2D eigenvalue weighted by Crippen LogP contribution is -2.56. The molecule has 0 heterocycles. The number of hydrazine groups is 1. The summed E-state index contributed by atoms with van der Waals surface area (Å²) in [6.45, 7) is 16.9. The summed E-state index contributed by atoms with van der Waals surface area (Å²) in [5.74, 6) is -1.31. The fourth-order valence-electron chi connectivity index (χ4n) is 4.81. The number of nitro groups is 1. The first-order chi connectivity index (χ1) is 22.4. The minimum atomic E-state index is -4.26. The van der Waals surface area contributed by atoms with Crippen molar-refractivity contribution in [1.29, 1.82) is 0 Å². The molecule has 1 aromatic rings. The molecule has 0 saturated carbocycles. The zero-order chi connectivity index (χ0) is 37.8. The molecule has 0 aliphatic carbocycles. The molecule has 2 amide bonds. The third-order valence-corrected chi connectivity index (χ3v) is 14.7. The van der Waals surface area contributed by atoms with Crippen molar-refractivity contribution in [2.45, 2.75) is 116 Å². The number of hydrogen-bond donors (Lipinski definition) is 3. The number of carboxylic acids is 1. The van der Waals surface area contributed by atoms with Crippen LogP contribution in [0.3, 0.4) is 0 Å². The van der Waals surface area contributed by atoms with Crippen molar-refractivity contribution in [2.24, 2.45) is 5.92 Å². The third-order valence-electron chi connectivity index (χ3n) is 7.89. The second kappa shape index (κ2) is 18.8. The Kier molecular flexibility index (Phi) is 16.8. The Hall–Kier alpha value is -3.12. The summed E-state index contributed by atoms with van der Waals surface area (Å²) in [5, 5.41) is 24.3. The number of nitrogens with one attached hydrogen (secondary N) is 2. The Morgan fingerprint density at radius 2 is 1.61 bits per heavy atom. The number of aliphatic carboxylic acids is 1. The van der Waals surface area contributed by atoms with E-state index in [-0.39, 0.29) is 43.4 Å². The highest BCUT2D eigenvalue weighted by Crippen LogP contribution is 2.38. The standard InChI is InChI=1S/C32H57N5O10SSi/c1-24(2)15-13-19-36(48(44,45)27-18-12-11-17-26(27)37(42)43)20-14-16-25(21-28(38)34-35(9)22-29(39)40)47-49(10,32(6,7)8)23-33-30(41)46-31(3,4)5/h11-12,17-18,24-25H,13-16,19-23H2,1-10H3,(H,33,41)(H,34,38)(H,39,40)/t25-,49?/m1/s1. The minimum absolute atomic E-state index is 0.0107. The van der Waals surface area contributed by atoms with Crippen LogP contribution in [0, 0.1) is 16.0 Å². The molecular formula is C32H57N5O10SSi. The molecule has 1 rings (SSSR count). The van der Waals surface area contributed by atoms with E-state index < -0.39 is 70.2 Å². The minimum Gasteiger partial charge on any atom is -0.480 e. The number of alkyl carbamates (subject to hydrolysis) is 1. The van der Waals surface area contributed by atoms with E-state index in [9.17, 15) is 32.9 Å². The zero-order valence-corrected chi connectivity index (χ0v) is 32.5. The predicted molar refractivity (Wildman–Crippen MR) is 189 cm³/mol. The van der Waals surface area contributed by atoms with Gasteiger partial charge in [0.25, 0.3) is 5.69 Å². The summed E-state index contributed by atoms with van der Waals surface area (Å²) in [6.07, 6.45) is 0.420. The highest BCUT2D eigenvalue weighted by Gasteiger charge is 2.45. The maximum absolute atomic E-state index is 13.8. The van der Waals surface area contributed by atoms with Gasteiger partial charge in [0.1, 0.15) is 12.1 Å². The van der Waals surface area contributed by atoms with Gasteiger partial charge in [-0.05, 0) is 70.0 Å². The number of para-hydroxylation sites is 1. The maximum atomic E-state index is 13.8. The molecule has 15 nitrogen and oxygen atoms in total. The van der Waals surface area contributed by atoms with Crippen LogP contribution < -0.4 is 10.7 Å². The van der Waals surface area contributed by atoms with Crippen LogP contribution >= 0.6 is 0 Å². The van der Waals surface area contributed by atoms with Crippen molar-refractivity contribution in [2.75, 3.05) is 32.8 Å². The van der Waals surface area contributed by atoms with Crippen LogP contribution in [0.25, 0.3) is 0 Å². The normalized spacial score (nSPS) is 14.4. The molecule has 1 aromatic carbocycles. The number of sulfonamides is 1. The first-order valence-corrected chi connectivity index (χ1v) is 20.5. The lowest BCUT2D eigenvalue weighted by molar-refractivity contribution is -0.387. The predicted octanol–water partition coefficient (Wildman–Crippen LogP) is 5.06. The molecule has 280 valence electrons. The molecule has 0 aromatic heterocycles. The molecule has 2 atom stereocenters. The van der Waals surface area contributed by atoms with E-state index in [1.807, 2.05) is 41.2 Å². The number of likely N-dealkylation sites (N-methyl/N-ethyl adjacent to an activating group) is 1. The smallest absolute Gasteiger partial charge is 0.407 e. The van der Waals surface area contributed by atoms with E-state index in [0.29, 0.717) is 12.3 Å². The molecule has 49 heavy (non-hydrogen) atoms. The van der Waals surface area contributed by atoms with Gasteiger partial charge < -0.3 is 19.6 Å². The molecule has 0 radical (unpaired) electrons. The van der Waals surface area contributed by atoms with E-state index in [1.165, 1.54) is 29.6 Å². The number of carboxylic acid groups (broad SMARTS) is 1. The molecule has 0 fully saturated rings. The summed E-state index contributed by atoms with van der Waals surface area (Å²) in [6, 6.07) is 5.24. The lowest BCUT2D eigenvalue weighted by atomic mass is 10.1. The van der Waals surface area contributed by atoms with Crippen LogP contribution in [-0.4, -0.2) is 98.6 Å². The molecule has 0 bridgehead atoms. The molecular weight excluding hydrogens is 675 g/mol. The van der Waals surface area contributed by atoms with Gasteiger partial charge in [-0.25, -0.2) is 18.2 Å². The van der Waals surface area contributed by atoms with Gasteiger partial charge in [-0.2, -0.15) is 4.31 Å². The fraction of sp³-hybridized carbons (Fsp3) is 0.719. The first kappa shape index (κ1) is 43.9. The largest absolute Gasteiger partial charge is 0.480 e. The van der Waals surface area contributed by atoms with Crippen LogP contribution in [0.15, 0.2) is 29.2 Å². The zero-order valence-electron chi connectivity index (χ0n) is 30.7. The second-order valence-corrected chi connectivity index (χ2v) is 21.3. The van der Waals surface area contributed by atoms with Gasteiger partial charge in [0, 0.05) is 32.4 Å². The number of amides is 2. The number of benzene rings is 1. The van der Waals surface area contributed by atoms with Crippen LogP contribution in [0.1, 0.15) is 87.5 Å². The number of nitro benzene ring substituents is 1. The highest BCUT2D eigenvalue weighted by molar-refractivity contribution is 7.89. The van der Waals surface area contributed by atoms with Gasteiger partial charge in [0.15, 0.2) is 4.90 Å². The first-order valence-electron chi connectivity index (χ1n) is 16.5. The van der Waals surface area contributed by atoms with E-state index in [0.717, 1.165) is 17.5 Å². The van der Waals surface area contributed by atoms with Crippen LogP contribution in [0.4, 0.5) is 10.5 Å². The Morgan fingerprint density at radius 3 is 2.12 bits per heavy atom. The van der Waals surface area contributed by atoms with Gasteiger partial charge in [0.05, 0.1) is 17.4 Å². The van der Waals surface area contributed by atoms with E-state index in [4.69, 9.17) is 14.3 Å². The summed E-state index contributed by atoms with van der Waals surface area (Å²) < 4.78 is 41.1. The van der Waals surface area contributed by atoms with Gasteiger partial charge >= 0.3 is 12.1 Å². The summed E-state index contributed by atoms with van der Waals surface area (Å²) in [4.78, 5) is 47.4. The fourth-order valence-corrected chi connectivity index (χ4v) is 8.87. The summed E-state index contributed by atoms with van der Waals surface area (Å²) in [7, 11) is -5.75. The Balaban J connectivity index is 3.37. The van der Waals surface area contributed by atoms with E-state index in [2.05, 4.69) is 10.7 Å². The number of nitrogens with zero attached hydrogens (tertiary/aromatic N) is 3. The number of rotatable bonds is 20. The van der Waals surface area contributed by atoms with Crippen molar-refractivity contribution in [1.82, 2.24) is 20.1 Å². The van der Waals surface area contributed by atoms with Crippen molar-refractivity contribution in [3.05, 3.63) is 34.4 Å². The number of ether oxygens (including phenoxy) is 1. The second-order valence-electron chi connectivity index (χ2n) is 14.9. The molecule has 0 aliphatic rings. The van der Waals surface area contributed by atoms with Crippen molar-refractivity contribution in [3.8, 4) is 0 Å². The maximum Gasteiger partial charge on any atom is 0.407 e. The van der Waals surface area contributed by atoms with Gasteiger partial charge in [0.2, 0.25) is 24.2 Å². The number of hydrogen-bond acceptors (Lipinski definition) is 10. The van der Waals surface area contributed by atoms with Crippen molar-refractivity contribution < 1.29 is 42.0 Å². The topological polar surface area (TPSA) is 198 Å². The average molecular weight is 732 g/mol. The van der Waals surface area contributed by atoms with E-state index in [1.54, 1.807) is 20.8 Å². The van der Waals surface area contributed by atoms with Crippen LogP contribution in [-0.2, 0) is 28.8 Å². The summed E-state index contributed by atoms with van der Waals surface area (Å²) >= 11 is 0. The Morgan fingerprint density at radius 1 is 1.04 bits per heavy atom. The monoisotopic (exact) mass is 731 g/mol. The van der Waals surface area contributed by atoms with Gasteiger partial charge in [-0.15, -0.1) is 0 Å². The molecule has 0 aliphatic heterocycles. The Bertz CT molecular complexity index is 1380. The molecule has 17 heteroatoms. The van der Waals surface area contributed by atoms with Gasteiger partial charge in [-0.3, -0.25) is 25.1 Å². The van der Waals surface area contributed by atoms with Crippen LogP contribution in [0.2, 0.25) is 11.6 Å². The van der Waals surface area contributed by atoms with Crippen LogP contribution in [0.5, 0.6) is 0 Å². The molecule has 1 unspecified atom stereocenters. The highest BCUT2D eigenvalue weighted by atomic mass is 32.2. The third kappa shape index (κ3) is 15.5. The quantitative estimate of drug-likeness (QED) is 0.0920. The number of carbonyl (C=O) groups excluding carboxylic acids is 2. The Labute approximate surface area is 292 Å². The SMILES string of the molecule is CC(C)CCCN(CCC[C@H](CC(=O)NN(C)CC(=O)O)O[Si](C)(CNC(=O)OC(C)(C)C)C(C)(C)C)S(=O)(=O)c1ccccc1[N+](=O)[O-]. The summed E-state index contributed by atoms with van der Waals surface area (Å²) in [5.41, 5.74) is 1.31. The van der Waals surface area contributed by atoms with Gasteiger partial charge in [-0.1, -0.05) is 46.8 Å².